The van der Waals surface area contributed by atoms with Gasteiger partial charge in [0.1, 0.15) is 40.9 Å². The predicted octanol–water partition coefficient (Wildman–Crippen LogP) is 5.23. The maximum Gasteiger partial charge on any atom is 0.319 e. The van der Waals surface area contributed by atoms with Gasteiger partial charge in [0.2, 0.25) is 5.88 Å². The highest BCUT2D eigenvalue weighted by Crippen LogP contribution is 2.41. The first-order valence-corrected chi connectivity index (χ1v) is 14.6. The number of anilines is 1. The zero-order valence-electron chi connectivity index (χ0n) is 23.1. The Morgan fingerprint density at radius 3 is 2.73 bits per heavy atom. The van der Waals surface area contributed by atoms with E-state index in [1.54, 1.807) is 24.3 Å². The molecule has 3 N–H and O–H groups in total. The molecule has 2 aromatic carbocycles. The summed E-state index contributed by atoms with van der Waals surface area (Å²) in [7, 11) is 0. The number of aromatic nitrogens is 3. The van der Waals surface area contributed by atoms with Crippen LogP contribution in [-0.2, 0) is 0 Å². The maximum absolute atomic E-state index is 16.4. The second-order valence-corrected chi connectivity index (χ2v) is 11.5. The molecule has 2 aliphatic heterocycles. The first-order chi connectivity index (χ1) is 20.0. The summed E-state index contributed by atoms with van der Waals surface area (Å²) >= 11 is 0. The van der Waals surface area contributed by atoms with Crippen LogP contribution < -0.4 is 20.5 Å². The standard InChI is InChI=1S/C31H34F2N6O2/c1-2-12-35-22-16-23(22)41-29-24-27(25(33)26(36-29)21-7-3-6-18-15-19(32)8-9-20(18)21)37-30(38-28(24)34)40-17-31-10-4-13-39(31)14-5-11-31/h3,6-9,15,22-23,35H,2,4-5,10-14,16-17H2,1H3,(H2,34,37,38). The van der Waals surface area contributed by atoms with Crippen molar-refractivity contribution >= 4 is 27.5 Å². The van der Waals surface area contributed by atoms with Gasteiger partial charge >= 0.3 is 6.01 Å². The van der Waals surface area contributed by atoms with Gasteiger partial charge in [-0.2, -0.15) is 9.97 Å². The number of nitrogen functional groups attached to an aromatic ring is 1. The van der Waals surface area contributed by atoms with E-state index >= 15 is 4.39 Å². The van der Waals surface area contributed by atoms with E-state index in [9.17, 15) is 4.39 Å². The van der Waals surface area contributed by atoms with E-state index in [2.05, 4.69) is 32.1 Å². The second kappa shape index (κ2) is 10.3. The molecule has 41 heavy (non-hydrogen) atoms. The van der Waals surface area contributed by atoms with Crippen LogP contribution in [0.4, 0.5) is 14.6 Å². The summed E-state index contributed by atoms with van der Waals surface area (Å²) in [5, 5.41) is 4.98. The Labute approximate surface area is 237 Å². The van der Waals surface area contributed by atoms with Gasteiger partial charge in [-0.25, -0.2) is 13.8 Å². The lowest BCUT2D eigenvalue weighted by Gasteiger charge is -2.31. The topological polar surface area (TPSA) is 98.4 Å². The molecule has 3 aliphatic rings. The molecular weight excluding hydrogens is 526 g/mol. The van der Waals surface area contributed by atoms with Crippen LogP contribution in [0, 0.1) is 11.6 Å². The molecule has 1 aliphatic carbocycles. The second-order valence-electron chi connectivity index (χ2n) is 11.5. The molecule has 8 nitrogen and oxygen atoms in total. The van der Waals surface area contributed by atoms with Crippen LogP contribution >= 0.6 is 0 Å². The van der Waals surface area contributed by atoms with Crippen molar-refractivity contribution in [3.8, 4) is 23.1 Å². The highest BCUT2D eigenvalue weighted by Gasteiger charge is 2.45. The fourth-order valence-electron chi connectivity index (χ4n) is 6.58. The molecule has 2 unspecified atom stereocenters. The van der Waals surface area contributed by atoms with Crippen LogP contribution in [-0.4, -0.2) is 63.8 Å². The zero-order chi connectivity index (χ0) is 28.1. The van der Waals surface area contributed by atoms with Crippen molar-refractivity contribution in [1.82, 2.24) is 25.2 Å². The predicted molar refractivity (Wildman–Crippen MR) is 154 cm³/mol. The SMILES string of the molecule is CCCNC1CC1Oc1nc(-c2cccc3cc(F)ccc23)c(F)c2nc(OCC34CCCN3CCC4)nc(N)c12. The lowest BCUT2D eigenvalue weighted by atomic mass is 9.95. The van der Waals surface area contributed by atoms with Crippen molar-refractivity contribution < 1.29 is 18.3 Å². The van der Waals surface area contributed by atoms with Gasteiger partial charge in [0.25, 0.3) is 0 Å². The average Bonchev–Trinajstić information content (AvgIpc) is 3.37. The number of ether oxygens (including phenoxy) is 2. The summed E-state index contributed by atoms with van der Waals surface area (Å²) in [5.74, 6) is -0.776. The molecular formula is C31H34F2N6O2. The molecule has 10 heteroatoms. The third-order valence-corrected chi connectivity index (χ3v) is 8.79. The quantitative estimate of drug-likeness (QED) is 0.287. The first-order valence-electron chi connectivity index (χ1n) is 14.6. The Bertz CT molecular complexity index is 1620. The zero-order valence-corrected chi connectivity index (χ0v) is 23.1. The van der Waals surface area contributed by atoms with Crippen LogP contribution in [0.5, 0.6) is 11.9 Å². The summed E-state index contributed by atoms with van der Waals surface area (Å²) in [6.07, 6.45) is 6.10. The smallest absolute Gasteiger partial charge is 0.319 e. The molecule has 2 aromatic heterocycles. The largest absolute Gasteiger partial charge is 0.472 e. The third kappa shape index (κ3) is 4.72. The minimum Gasteiger partial charge on any atom is -0.472 e. The number of hydrogen-bond acceptors (Lipinski definition) is 8. The van der Waals surface area contributed by atoms with Gasteiger partial charge in [-0.1, -0.05) is 31.2 Å². The highest BCUT2D eigenvalue weighted by molar-refractivity contribution is 6.00. The van der Waals surface area contributed by atoms with Gasteiger partial charge in [0, 0.05) is 18.0 Å². The van der Waals surface area contributed by atoms with Gasteiger partial charge in [0.15, 0.2) is 5.82 Å². The number of hydrogen-bond donors (Lipinski definition) is 2. The molecule has 2 saturated heterocycles. The van der Waals surface area contributed by atoms with E-state index in [0.29, 0.717) is 22.9 Å². The Balaban J connectivity index is 1.31. The summed E-state index contributed by atoms with van der Waals surface area (Å²) in [4.78, 5) is 16.1. The Kier molecular flexibility index (Phi) is 6.62. The Morgan fingerprint density at radius 2 is 1.93 bits per heavy atom. The van der Waals surface area contributed by atoms with Crippen LogP contribution in [0.3, 0.4) is 0 Å². The fourth-order valence-corrected chi connectivity index (χ4v) is 6.58. The Morgan fingerprint density at radius 1 is 1.10 bits per heavy atom. The fraction of sp³-hybridized carbons (Fsp3) is 0.452. The van der Waals surface area contributed by atoms with E-state index in [4.69, 9.17) is 15.2 Å². The van der Waals surface area contributed by atoms with Crippen molar-refractivity contribution in [1.29, 1.82) is 0 Å². The summed E-state index contributed by atoms with van der Waals surface area (Å²) in [6, 6.07) is 9.94. The lowest BCUT2D eigenvalue weighted by molar-refractivity contribution is 0.108. The molecule has 7 rings (SSSR count). The monoisotopic (exact) mass is 560 g/mol. The van der Waals surface area contributed by atoms with Crippen molar-refractivity contribution in [2.75, 3.05) is 32.0 Å². The molecule has 0 spiro atoms. The average molecular weight is 561 g/mol. The first kappa shape index (κ1) is 26.3. The van der Waals surface area contributed by atoms with E-state index in [0.717, 1.165) is 58.2 Å². The summed E-state index contributed by atoms with van der Waals surface area (Å²) in [6.45, 7) is 5.56. The van der Waals surface area contributed by atoms with Crippen LogP contribution in [0.2, 0.25) is 0 Å². The van der Waals surface area contributed by atoms with E-state index < -0.39 is 5.82 Å². The molecule has 0 radical (unpaired) electrons. The van der Waals surface area contributed by atoms with Crippen molar-refractivity contribution in [2.45, 2.75) is 63.1 Å². The number of pyridine rings is 1. The van der Waals surface area contributed by atoms with Gasteiger partial charge in [-0.3, -0.25) is 4.90 Å². The molecule has 0 amide bonds. The third-order valence-electron chi connectivity index (χ3n) is 8.79. The molecule has 3 fully saturated rings. The van der Waals surface area contributed by atoms with E-state index in [1.807, 2.05) is 0 Å². The molecule has 4 heterocycles. The normalized spacial score (nSPS) is 21.4. The van der Waals surface area contributed by atoms with Crippen molar-refractivity contribution in [2.24, 2.45) is 0 Å². The number of nitrogens with two attached hydrogens (primary N) is 1. The number of nitrogens with one attached hydrogen (secondary N) is 1. The minimum absolute atomic E-state index is 0.00229. The van der Waals surface area contributed by atoms with E-state index in [-0.39, 0.29) is 57.8 Å². The number of nitrogens with zero attached hydrogens (tertiary/aromatic N) is 4. The van der Waals surface area contributed by atoms with Crippen molar-refractivity contribution in [3.05, 3.63) is 48.0 Å². The molecule has 0 bridgehead atoms. The number of rotatable bonds is 9. The number of fused-ring (bicyclic) bond motifs is 3. The van der Waals surface area contributed by atoms with Crippen LogP contribution in [0.25, 0.3) is 32.9 Å². The number of benzene rings is 2. The van der Waals surface area contributed by atoms with Crippen LogP contribution in [0.1, 0.15) is 45.4 Å². The minimum atomic E-state index is -0.652. The lowest BCUT2D eigenvalue weighted by Crippen LogP contribution is -2.43. The van der Waals surface area contributed by atoms with E-state index in [1.165, 1.54) is 12.1 Å². The van der Waals surface area contributed by atoms with Gasteiger partial charge in [0.05, 0.1) is 5.54 Å². The molecule has 214 valence electrons. The highest BCUT2D eigenvalue weighted by atomic mass is 19.1. The molecule has 4 aromatic rings. The van der Waals surface area contributed by atoms with Gasteiger partial charge in [-0.15, -0.1) is 0 Å². The summed E-state index contributed by atoms with van der Waals surface area (Å²) < 4.78 is 42.9. The van der Waals surface area contributed by atoms with Gasteiger partial charge in [-0.05, 0) is 74.6 Å². The van der Waals surface area contributed by atoms with Crippen LogP contribution in [0.15, 0.2) is 36.4 Å². The maximum atomic E-state index is 16.4. The van der Waals surface area contributed by atoms with Gasteiger partial charge < -0.3 is 20.5 Å². The molecule has 2 atom stereocenters. The number of halogens is 2. The van der Waals surface area contributed by atoms with Crippen molar-refractivity contribution in [3.63, 3.8) is 0 Å². The Hall–Kier alpha value is -3.63. The molecule has 1 saturated carbocycles. The summed E-state index contributed by atoms with van der Waals surface area (Å²) in [5.41, 5.74) is 6.98.